The summed E-state index contributed by atoms with van der Waals surface area (Å²) < 4.78 is 0. The van der Waals surface area contributed by atoms with Crippen molar-refractivity contribution in [1.29, 1.82) is 0 Å². The number of carbonyl (C=O) groups excluding carboxylic acids is 3. The summed E-state index contributed by atoms with van der Waals surface area (Å²) in [6, 6.07) is 6.87. The lowest BCUT2D eigenvalue weighted by Gasteiger charge is -2.47. The Hall–Kier alpha value is -2.37. The number of amides is 3. The minimum Gasteiger partial charge on any atom is -0.352 e. The van der Waals surface area contributed by atoms with E-state index in [4.69, 9.17) is 0 Å². The van der Waals surface area contributed by atoms with Crippen LogP contribution in [0.2, 0.25) is 0 Å². The summed E-state index contributed by atoms with van der Waals surface area (Å²) in [6.45, 7) is 8.23. The fourth-order valence-corrected chi connectivity index (χ4v) is 3.60. The van der Waals surface area contributed by atoms with E-state index < -0.39 is 5.54 Å². The third-order valence-electron chi connectivity index (χ3n) is 5.29. The van der Waals surface area contributed by atoms with Crippen LogP contribution < -0.4 is 5.32 Å². The molecule has 1 aliphatic heterocycles. The van der Waals surface area contributed by atoms with E-state index in [1.807, 2.05) is 30.6 Å². The Balaban J connectivity index is 1.71. The number of rotatable bonds is 5. The largest absolute Gasteiger partial charge is 0.352 e. The van der Waals surface area contributed by atoms with Crippen molar-refractivity contribution < 1.29 is 14.4 Å². The average molecular weight is 371 g/mol. The molecule has 0 atom stereocenters. The third-order valence-corrected chi connectivity index (χ3v) is 5.29. The first-order valence-electron chi connectivity index (χ1n) is 9.82. The van der Waals surface area contributed by atoms with E-state index in [9.17, 15) is 14.4 Å². The summed E-state index contributed by atoms with van der Waals surface area (Å²) in [4.78, 5) is 41.4. The molecular weight excluding hydrogens is 342 g/mol. The SMILES string of the molecule is CCCNC(=O)c1cccc(C(=O)N2CCN(C(=O)C3CC3)CC2(C)C)c1. The highest BCUT2D eigenvalue weighted by molar-refractivity contribution is 6.00. The maximum absolute atomic E-state index is 13.1. The van der Waals surface area contributed by atoms with Crippen molar-refractivity contribution in [3.63, 3.8) is 0 Å². The molecule has 1 N–H and O–H groups in total. The zero-order chi connectivity index (χ0) is 19.6. The van der Waals surface area contributed by atoms with E-state index in [1.54, 1.807) is 24.3 Å². The predicted octanol–water partition coefficient (Wildman–Crippen LogP) is 2.30. The molecule has 2 fully saturated rings. The Labute approximate surface area is 160 Å². The molecule has 27 heavy (non-hydrogen) atoms. The molecular formula is C21H29N3O3. The van der Waals surface area contributed by atoms with Gasteiger partial charge in [0.15, 0.2) is 0 Å². The van der Waals surface area contributed by atoms with Gasteiger partial charge in [0.1, 0.15) is 0 Å². The first-order valence-corrected chi connectivity index (χ1v) is 9.82. The molecule has 0 unspecified atom stereocenters. The van der Waals surface area contributed by atoms with Crippen LogP contribution in [0.3, 0.4) is 0 Å². The number of hydrogen-bond acceptors (Lipinski definition) is 3. The number of piperazine rings is 1. The van der Waals surface area contributed by atoms with Gasteiger partial charge in [0, 0.05) is 43.2 Å². The Morgan fingerprint density at radius 2 is 1.85 bits per heavy atom. The zero-order valence-corrected chi connectivity index (χ0v) is 16.5. The summed E-state index contributed by atoms with van der Waals surface area (Å²) in [7, 11) is 0. The van der Waals surface area contributed by atoms with E-state index in [0.717, 1.165) is 19.3 Å². The van der Waals surface area contributed by atoms with Crippen molar-refractivity contribution in [2.24, 2.45) is 5.92 Å². The van der Waals surface area contributed by atoms with Crippen LogP contribution in [0.1, 0.15) is 60.7 Å². The lowest BCUT2D eigenvalue weighted by Crippen LogP contribution is -2.62. The van der Waals surface area contributed by atoms with Gasteiger partial charge in [-0.05, 0) is 51.3 Å². The summed E-state index contributed by atoms with van der Waals surface area (Å²) in [5.41, 5.74) is 0.559. The van der Waals surface area contributed by atoms with Crippen molar-refractivity contribution in [3.05, 3.63) is 35.4 Å². The van der Waals surface area contributed by atoms with Gasteiger partial charge in [-0.25, -0.2) is 0 Å². The molecule has 6 heteroatoms. The molecule has 1 aromatic rings. The molecule has 3 rings (SSSR count). The molecule has 0 spiro atoms. The van der Waals surface area contributed by atoms with Gasteiger partial charge in [0.25, 0.3) is 11.8 Å². The van der Waals surface area contributed by atoms with Gasteiger partial charge in [-0.1, -0.05) is 13.0 Å². The number of nitrogens with zero attached hydrogens (tertiary/aromatic N) is 2. The standard InChI is InChI=1S/C21H29N3O3/c1-4-10-22-18(25)16-6-5-7-17(13-16)20(27)24-12-11-23(14-21(24,2)3)19(26)15-8-9-15/h5-7,13,15H,4,8-12,14H2,1-3H3,(H,22,25). The maximum Gasteiger partial charge on any atom is 0.254 e. The van der Waals surface area contributed by atoms with Crippen molar-refractivity contribution in [1.82, 2.24) is 15.1 Å². The summed E-state index contributed by atoms with van der Waals surface area (Å²) in [5.74, 6) is 0.167. The van der Waals surface area contributed by atoms with Crippen LogP contribution in [0, 0.1) is 5.92 Å². The van der Waals surface area contributed by atoms with Crippen molar-refractivity contribution in [2.75, 3.05) is 26.2 Å². The summed E-state index contributed by atoms with van der Waals surface area (Å²) in [5, 5.41) is 2.84. The van der Waals surface area contributed by atoms with Gasteiger partial charge in [-0.3, -0.25) is 14.4 Å². The Bertz CT molecular complexity index is 740. The summed E-state index contributed by atoms with van der Waals surface area (Å²) in [6.07, 6.45) is 2.85. The first kappa shape index (κ1) is 19.4. The van der Waals surface area contributed by atoms with Crippen molar-refractivity contribution in [3.8, 4) is 0 Å². The van der Waals surface area contributed by atoms with Crippen LogP contribution in [0.5, 0.6) is 0 Å². The number of benzene rings is 1. The van der Waals surface area contributed by atoms with Crippen LogP contribution in [-0.2, 0) is 4.79 Å². The Morgan fingerprint density at radius 1 is 1.15 bits per heavy atom. The molecule has 1 aliphatic carbocycles. The lowest BCUT2D eigenvalue weighted by molar-refractivity contribution is -0.136. The molecule has 6 nitrogen and oxygen atoms in total. The predicted molar refractivity (Wildman–Crippen MR) is 103 cm³/mol. The topological polar surface area (TPSA) is 69.7 Å². The number of hydrogen-bond donors (Lipinski definition) is 1. The first-order chi connectivity index (χ1) is 12.8. The van der Waals surface area contributed by atoms with Crippen LogP contribution in [0.25, 0.3) is 0 Å². The minimum atomic E-state index is -0.444. The van der Waals surface area contributed by atoms with Crippen LogP contribution >= 0.6 is 0 Å². The van der Waals surface area contributed by atoms with Crippen molar-refractivity contribution >= 4 is 17.7 Å². The van der Waals surface area contributed by atoms with Gasteiger partial charge in [-0.15, -0.1) is 0 Å². The van der Waals surface area contributed by atoms with E-state index in [2.05, 4.69) is 5.32 Å². The monoisotopic (exact) mass is 371 g/mol. The molecule has 0 radical (unpaired) electrons. The van der Waals surface area contributed by atoms with Crippen molar-refractivity contribution in [2.45, 2.75) is 45.6 Å². The molecule has 1 saturated heterocycles. The van der Waals surface area contributed by atoms with Gasteiger partial charge >= 0.3 is 0 Å². The van der Waals surface area contributed by atoms with E-state index >= 15 is 0 Å². The zero-order valence-electron chi connectivity index (χ0n) is 16.5. The fourth-order valence-electron chi connectivity index (χ4n) is 3.60. The van der Waals surface area contributed by atoms with E-state index in [0.29, 0.717) is 37.3 Å². The van der Waals surface area contributed by atoms with Crippen LogP contribution in [-0.4, -0.2) is 59.2 Å². The van der Waals surface area contributed by atoms with E-state index in [-0.39, 0.29) is 23.6 Å². The second-order valence-electron chi connectivity index (χ2n) is 8.14. The smallest absolute Gasteiger partial charge is 0.254 e. The second kappa shape index (κ2) is 7.71. The molecule has 0 bridgehead atoms. The third kappa shape index (κ3) is 4.31. The summed E-state index contributed by atoms with van der Waals surface area (Å²) >= 11 is 0. The second-order valence-corrected chi connectivity index (χ2v) is 8.14. The normalized spacial score (nSPS) is 18.9. The van der Waals surface area contributed by atoms with Gasteiger partial charge in [0.05, 0.1) is 5.54 Å². The Morgan fingerprint density at radius 3 is 2.48 bits per heavy atom. The molecule has 0 aromatic heterocycles. The highest BCUT2D eigenvalue weighted by Crippen LogP contribution is 2.33. The minimum absolute atomic E-state index is 0.0938. The molecule has 3 amide bonds. The molecule has 146 valence electrons. The molecule has 1 aromatic carbocycles. The van der Waals surface area contributed by atoms with Gasteiger partial charge < -0.3 is 15.1 Å². The molecule has 1 heterocycles. The van der Waals surface area contributed by atoms with Crippen LogP contribution in [0.4, 0.5) is 0 Å². The molecule has 2 aliphatic rings. The van der Waals surface area contributed by atoms with Crippen LogP contribution in [0.15, 0.2) is 24.3 Å². The highest BCUT2D eigenvalue weighted by atomic mass is 16.2. The average Bonchev–Trinajstić information content (AvgIpc) is 3.49. The van der Waals surface area contributed by atoms with E-state index in [1.165, 1.54) is 0 Å². The van der Waals surface area contributed by atoms with Gasteiger partial charge in [0.2, 0.25) is 5.91 Å². The molecule has 1 saturated carbocycles. The number of carbonyl (C=O) groups is 3. The quantitative estimate of drug-likeness (QED) is 0.863. The fraction of sp³-hybridized carbons (Fsp3) is 0.571. The van der Waals surface area contributed by atoms with Gasteiger partial charge in [-0.2, -0.15) is 0 Å². The number of nitrogens with one attached hydrogen (secondary N) is 1. The highest BCUT2D eigenvalue weighted by Gasteiger charge is 2.42. The Kier molecular flexibility index (Phi) is 5.53. The lowest BCUT2D eigenvalue weighted by atomic mass is 9.96. The maximum atomic E-state index is 13.1.